The number of aromatic nitrogens is 7. The average molecular weight is 502 g/mol. The van der Waals surface area contributed by atoms with E-state index in [0.29, 0.717) is 29.5 Å². The number of pyridine rings is 1. The molecule has 2 atom stereocenters. The van der Waals surface area contributed by atoms with Crippen molar-refractivity contribution in [1.29, 1.82) is 0 Å². The summed E-state index contributed by atoms with van der Waals surface area (Å²) in [6, 6.07) is 15.5. The van der Waals surface area contributed by atoms with Crippen molar-refractivity contribution in [1.82, 2.24) is 34.3 Å². The van der Waals surface area contributed by atoms with E-state index in [1.54, 1.807) is 17.1 Å². The number of halogens is 1. The Balaban J connectivity index is 1.40. The highest BCUT2D eigenvalue weighted by Gasteiger charge is 2.31. The Morgan fingerprint density at radius 3 is 2.78 bits per heavy atom. The fraction of sp³-hybridized carbons (Fsp3) is 0.240. The van der Waals surface area contributed by atoms with Crippen LogP contribution in [0, 0.1) is 0 Å². The fourth-order valence-electron chi connectivity index (χ4n) is 4.68. The molecule has 6 rings (SSSR count). The normalized spacial score (nSPS) is 17.4. The Labute approximate surface area is 212 Å². The van der Waals surface area contributed by atoms with Gasteiger partial charge in [-0.05, 0) is 42.3 Å². The van der Waals surface area contributed by atoms with Crippen molar-refractivity contribution in [3.8, 4) is 11.3 Å². The second-order valence-electron chi connectivity index (χ2n) is 8.94. The maximum absolute atomic E-state index is 11.1. The number of hydrogen-bond acceptors (Lipinski definition) is 8. The highest BCUT2D eigenvalue weighted by Crippen LogP contribution is 2.36. The van der Waals surface area contributed by atoms with E-state index in [-0.39, 0.29) is 5.92 Å². The summed E-state index contributed by atoms with van der Waals surface area (Å²) in [6.45, 7) is 0. The van der Waals surface area contributed by atoms with E-state index in [2.05, 4.69) is 25.6 Å². The van der Waals surface area contributed by atoms with Crippen LogP contribution >= 0.6 is 11.6 Å². The maximum Gasteiger partial charge on any atom is 0.228 e. The third-order valence-electron chi connectivity index (χ3n) is 6.56. The first-order chi connectivity index (χ1) is 17.5. The third kappa shape index (κ3) is 4.04. The zero-order chi connectivity index (χ0) is 24.8. The molecule has 1 aliphatic heterocycles. The molecule has 0 saturated heterocycles. The summed E-state index contributed by atoms with van der Waals surface area (Å²) in [5.41, 5.74) is 3.35. The van der Waals surface area contributed by atoms with Gasteiger partial charge in [-0.3, -0.25) is 9.08 Å². The Bertz CT molecular complexity index is 1560. The van der Waals surface area contributed by atoms with E-state index in [0.717, 1.165) is 34.3 Å². The van der Waals surface area contributed by atoms with Crippen molar-refractivity contribution < 1.29 is 5.11 Å². The maximum atomic E-state index is 11.1. The molecular weight excluding hydrogens is 478 g/mol. The quantitative estimate of drug-likeness (QED) is 0.374. The smallest absolute Gasteiger partial charge is 0.228 e. The third-order valence-corrected chi connectivity index (χ3v) is 6.80. The highest BCUT2D eigenvalue weighted by molar-refractivity contribution is 6.30. The van der Waals surface area contributed by atoms with Crippen LogP contribution in [0.1, 0.15) is 23.7 Å². The van der Waals surface area contributed by atoms with Gasteiger partial charge < -0.3 is 15.3 Å². The second-order valence-corrected chi connectivity index (χ2v) is 9.38. The molecule has 10 nitrogen and oxygen atoms in total. The van der Waals surface area contributed by atoms with Crippen molar-refractivity contribution in [2.75, 3.05) is 17.3 Å². The molecule has 5 heterocycles. The fourth-order valence-corrected chi connectivity index (χ4v) is 4.89. The molecule has 4 aromatic heterocycles. The number of benzene rings is 1. The Hall–Kier alpha value is -4.02. The van der Waals surface area contributed by atoms with E-state index >= 15 is 0 Å². The molecule has 0 bridgehead atoms. The number of rotatable bonds is 5. The van der Waals surface area contributed by atoms with Crippen molar-refractivity contribution >= 4 is 34.8 Å². The minimum Gasteiger partial charge on any atom is -0.374 e. The molecule has 182 valence electrons. The lowest BCUT2D eigenvalue weighted by Crippen LogP contribution is -2.32. The number of nitrogens with one attached hydrogen (secondary N) is 1. The van der Waals surface area contributed by atoms with Crippen LogP contribution in [0.15, 0.2) is 60.9 Å². The topological polar surface area (TPSA) is 109 Å². The molecular formula is C25H24ClN9O. The Morgan fingerprint density at radius 2 is 1.97 bits per heavy atom. The number of aryl methyl sites for hydroxylation is 1. The Kier molecular flexibility index (Phi) is 5.54. The van der Waals surface area contributed by atoms with E-state index in [4.69, 9.17) is 16.6 Å². The minimum absolute atomic E-state index is 0.0308. The molecule has 1 aliphatic rings. The number of aliphatic hydroxyl groups excluding tert-OH is 1. The average Bonchev–Trinajstić information content (AvgIpc) is 3.46. The van der Waals surface area contributed by atoms with Crippen LogP contribution in [0.5, 0.6) is 0 Å². The number of anilines is 3. The molecule has 0 aliphatic carbocycles. The standard InChI is InChI=1S/C25H24ClN9O/c1-33-22-13-16(19-6-8-27-25(29-19)30-20-7-9-28-34(20)2)12-21-31-32-24(35(21)22)17(14-23(33)36)10-15-4-3-5-18(26)11-15/h3-9,11-13,17,23,36H,10,14H2,1-2H3,(H,27,29,30). The van der Waals surface area contributed by atoms with Gasteiger partial charge in [0.1, 0.15) is 23.7 Å². The van der Waals surface area contributed by atoms with Crippen molar-refractivity contribution in [2.45, 2.75) is 25.0 Å². The molecule has 2 N–H and O–H groups in total. The van der Waals surface area contributed by atoms with Crippen LogP contribution in [0.2, 0.25) is 5.02 Å². The summed E-state index contributed by atoms with van der Waals surface area (Å²) in [5.74, 6) is 2.82. The molecule has 0 spiro atoms. The van der Waals surface area contributed by atoms with Gasteiger partial charge in [0.15, 0.2) is 5.65 Å². The van der Waals surface area contributed by atoms with Gasteiger partial charge >= 0.3 is 0 Å². The zero-order valence-corrected chi connectivity index (χ0v) is 20.5. The molecule has 1 aromatic carbocycles. The molecule has 0 saturated carbocycles. The SMILES string of the molecule is CN1c2cc(-c3ccnc(Nc4ccnn4C)n3)cc3nnc(n23)C(Cc2cccc(Cl)c2)CC1O. The summed E-state index contributed by atoms with van der Waals surface area (Å²) < 4.78 is 3.73. The van der Waals surface area contributed by atoms with Gasteiger partial charge in [0.05, 0.1) is 11.9 Å². The molecule has 11 heteroatoms. The zero-order valence-electron chi connectivity index (χ0n) is 19.7. The van der Waals surface area contributed by atoms with E-state index in [9.17, 15) is 5.11 Å². The predicted octanol–water partition coefficient (Wildman–Crippen LogP) is 3.80. The van der Waals surface area contributed by atoms with Crippen molar-refractivity contribution in [3.63, 3.8) is 0 Å². The molecule has 0 amide bonds. The molecule has 36 heavy (non-hydrogen) atoms. The van der Waals surface area contributed by atoms with Crippen LogP contribution in [0.3, 0.4) is 0 Å². The number of aliphatic hydroxyl groups is 1. The van der Waals surface area contributed by atoms with Gasteiger partial charge in [0.25, 0.3) is 0 Å². The summed E-state index contributed by atoms with van der Waals surface area (Å²) in [5, 5.41) is 28.2. The van der Waals surface area contributed by atoms with Gasteiger partial charge in [0, 0.05) is 49.3 Å². The van der Waals surface area contributed by atoms with E-state index in [1.165, 1.54) is 0 Å². The van der Waals surface area contributed by atoms with Gasteiger partial charge in [-0.25, -0.2) is 9.97 Å². The van der Waals surface area contributed by atoms with Gasteiger partial charge in [0.2, 0.25) is 5.95 Å². The van der Waals surface area contributed by atoms with E-state index < -0.39 is 6.23 Å². The molecule has 2 unspecified atom stereocenters. The van der Waals surface area contributed by atoms with E-state index in [1.807, 2.05) is 71.9 Å². The van der Waals surface area contributed by atoms with Gasteiger partial charge in [-0.2, -0.15) is 5.10 Å². The first-order valence-electron chi connectivity index (χ1n) is 11.6. The number of hydrogen-bond donors (Lipinski definition) is 2. The first kappa shape index (κ1) is 22.4. The van der Waals surface area contributed by atoms with Crippen LogP contribution in [0.4, 0.5) is 17.6 Å². The lowest BCUT2D eigenvalue weighted by atomic mass is 9.94. The summed E-state index contributed by atoms with van der Waals surface area (Å²) in [7, 11) is 3.72. The van der Waals surface area contributed by atoms with Crippen molar-refractivity contribution in [3.05, 3.63) is 77.3 Å². The monoisotopic (exact) mass is 501 g/mol. The molecule has 5 aromatic rings. The van der Waals surface area contributed by atoms with Crippen LogP contribution < -0.4 is 10.2 Å². The van der Waals surface area contributed by atoms with Crippen LogP contribution in [-0.2, 0) is 13.5 Å². The van der Waals surface area contributed by atoms with Crippen LogP contribution in [-0.4, -0.2) is 52.7 Å². The van der Waals surface area contributed by atoms with Gasteiger partial charge in [-0.1, -0.05) is 23.7 Å². The molecule has 0 radical (unpaired) electrons. The first-order valence-corrected chi connectivity index (χ1v) is 12.0. The summed E-state index contributed by atoms with van der Waals surface area (Å²) in [6.07, 6.45) is 3.93. The largest absolute Gasteiger partial charge is 0.374 e. The second kappa shape index (κ2) is 8.89. The van der Waals surface area contributed by atoms with Crippen molar-refractivity contribution in [2.24, 2.45) is 7.05 Å². The predicted molar refractivity (Wildman–Crippen MR) is 137 cm³/mol. The number of nitrogens with zero attached hydrogens (tertiary/aromatic N) is 8. The minimum atomic E-state index is -0.693. The summed E-state index contributed by atoms with van der Waals surface area (Å²) >= 11 is 6.21. The lowest BCUT2D eigenvalue weighted by Gasteiger charge is -2.25. The Morgan fingerprint density at radius 1 is 1.08 bits per heavy atom. The molecule has 0 fully saturated rings. The highest BCUT2D eigenvalue weighted by atomic mass is 35.5. The summed E-state index contributed by atoms with van der Waals surface area (Å²) in [4.78, 5) is 10.9. The lowest BCUT2D eigenvalue weighted by molar-refractivity contribution is 0.156. The van der Waals surface area contributed by atoms with Crippen LogP contribution in [0.25, 0.3) is 16.9 Å². The van der Waals surface area contributed by atoms with Gasteiger partial charge in [-0.15, -0.1) is 10.2 Å².